The average molecular weight is 299 g/mol. The molecule has 1 N–H and O–H groups in total. The maximum absolute atomic E-state index is 13.7. The number of aromatic nitrogens is 3. The molecule has 3 aromatic rings. The van der Waals surface area contributed by atoms with Crippen LogP contribution in [0.1, 0.15) is 5.56 Å². The first-order chi connectivity index (χ1) is 9.90. The summed E-state index contributed by atoms with van der Waals surface area (Å²) in [5.74, 6) is -10.6. The molecule has 0 saturated carbocycles. The van der Waals surface area contributed by atoms with Gasteiger partial charge < -0.3 is 4.98 Å². The number of nitrogens with zero attached hydrogens (tertiary/aromatic N) is 2. The Bertz CT molecular complexity index is 843. The standard InChI is InChI=1S/C13H6F5N3/c1-4-2-5-12(19-3-4)21-13(20-5)6-7(14)9(16)11(18)10(17)8(6)15/h2-3H,1H3,(H,19,20,21). The molecule has 21 heavy (non-hydrogen) atoms. The van der Waals surface area contributed by atoms with Crippen molar-refractivity contribution in [3.63, 3.8) is 0 Å². The fourth-order valence-electron chi connectivity index (χ4n) is 1.94. The lowest BCUT2D eigenvalue weighted by Crippen LogP contribution is -2.04. The number of H-pyrrole nitrogens is 1. The molecular formula is C13H6F5N3. The van der Waals surface area contributed by atoms with Gasteiger partial charge in [0, 0.05) is 6.20 Å². The summed E-state index contributed by atoms with van der Waals surface area (Å²) in [4.78, 5) is 10.2. The Labute approximate surface area is 114 Å². The monoisotopic (exact) mass is 299 g/mol. The second-order valence-electron chi connectivity index (χ2n) is 4.41. The van der Waals surface area contributed by atoms with E-state index in [0.717, 1.165) is 5.56 Å². The molecule has 3 rings (SSSR count). The molecule has 0 aliphatic heterocycles. The highest BCUT2D eigenvalue weighted by atomic mass is 19.2. The number of aromatic amines is 1. The van der Waals surface area contributed by atoms with Crippen molar-refractivity contribution in [2.75, 3.05) is 0 Å². The Hall–Kier alpha value is -2.51. The van der Waals surface area contributed by atoms with Crippen molar-refractivity contribution in [3.8, 4) is 11.4 Å². The number of nitrogens with one attached hydrogen (secondary N) is 1. The first-order valence-electron chi connectivity index (χ1n) is 5.74. The summed E-state index contributed by atoms with van der Waals surface area (Å²) in [5, 5.41) is 0. The van der Waals surface area contributed by atoms with Crippen LogP contribution in [-0.4, -0.2) is 15.0 Å². The van der Waals surface area contributed by atoms with Gasteiger partial charge in [-0.15, -0.1) is 0 Å². The number of pyridine rings is 1. The number of hydrogen-bond acceptors (Lipinski definition) is 2. The fourth-order valence-corrected chi connectivity index (χ4v) is 1.94. The quantitative estimate of drug-likeness (QED) is 0.423. The second kappa shape index (κ2) is 4.51. The van der Waals surface area contributed by atoms with Crippen LogP contribution in [-0.2, 0) is 0 Å². The smallest absolute Gasteiger partial charge is 0.200 e. The number of fused-ring (bicyclic) bond motifs is 1. The summed E-state index contributed by atoms with van der Waals surface area (Å²) in [6.07, 6.45) is 1.46. The van der Waals surface area contributed by atoms with E-state index in [9.17, 15) is 22.0 Å². The minimum absolute atomic E-state index is 0.111. The lowest BCUT2D eigenvalue weighted by Gasteiger charge is -2.05. The van der Waals surface area contributed by atoms with Gasteiger partial charge in [0.15, 0.2) is 28.9 Å². The maximum Gasteiger partial charge on any atom is 0.200 e. The van der Waals surface area contributed by atoms with Crippen molar-refractivity contribution in [3.05, 3.63) is 46.9 Å². The molecule has 1 aromatic carbocycles. The van der Waals surface area contributed by atoms with E-state index in [-0.39, 0.29) is 5.65 Å². The zero-order valence-electron chi connectivity index (χ0n) is 10.4. The molecule has 108 valence electrons. The van der Waals surface area contributed by atoms with Gasteiger partial charge in [-0.3, -0.25) is 0 Å². The third kappa shape index (κ3) is 1.94. The van der Waals surface area contributed by atoms with Gasteiger partial charge in [0.1, 0.15) is 5.82 Å². The molecule has 0 aliphatic rings. The van der Waals surface area contributed by atoms with Crippen LogP contribution in [0.15, 0.2) is 12.3 Å². The molecule has 0 fully saturated rings. The normalized spacial score (nSPS) is 11.3. The molecule has 0 amide bonds. The van der Waals surface area contributed by atoms with Crippen LogP contribution in [0, 0.1) is 36.0 Å². The summed E-state index contributed by atoms with van der Waals surface area (Å²) in [6, 6.07) is 1.59. The van der Waals surface area contributed by atoms with Gasteiger partial charge in [-0.1, -0.05) is 0 Å². The lowest BCUT2D eigenvalue weighted by atomic mass is 10.1. The topological polar surface area (TPSA) is 41.6 Å². The first kappa shape index (κ1) is 13.5. The maximum atomic E-state index is 13.7. The van der Waals surface area contributed by atoms with Gasteiger partial charge in [0.2, 0.25) is 5.82 Å². The molecule has 0 saturated heterocycles. The minimum Gasteiger partial charge on any atom is -0.336 e. The number of benzene rings is 1. The van der Waals surface area contributed by atoms with E-state index in [1.165, 1.54) is 6.20 Å². The van der Waals surface area contributed by atoms with E-state index in [2.05, 4.69) is 15.0 Å². The number of hydrogen-bond donors (Lipinski definition) is 1. The largest absolute Gasteiger partial charge is 0.336 e. The van der Waals surface area contributed by atoms with Gasteiger partial charge in [-0.2, -0.15) is 0 Å². The van der Waals surface area contributed by atoms with E-state index >= 15 is 0 Å². The number of halogens is 5. The minimum atomic E-state index is -2.21. The van der Waals surface area contributed by atoms with Crippen LogP contribution < -0.4 is 0 Å². The Morgan fingerprint density at radius 3 is 2.10 bits per heavy atom. The van der Waals surface area contributed by atoms with Crippen molar-refractivity contribution >= 4 is 11.2 Å². The molecule has 0 atom stereocenters. The zero-order valence-corrected chi connectivity index (χ0v) is 10.4. The van der Waals surface area contributed by atoms with Gasteiger partial charge in [-0.25, -0.2) is 31.9 Å². The van der Waals surface area contributed by atoms with E-state index in [4.69, 9.17) is 0 Å². The van der Waals surface area contributed by atoms with Crippen molar-refractivity contribution in [1.82, 2.24) is 15.0 Å². The molecule has 2 aromatic heterocycles. The Morgan fingerprint density at radius 1 is 0.905 bits per heavy atom. The van der Waals surface area contributed by atoms with Gasteiger partial charge in [-0.05, 0) is 18.6 Å². The highest BCUT2D eigenvalue weighted by molar-refractivity contribution is 5.76. The third-order valence-electron chi connectivity index (χ3n) is 2.92. The molecule has 0 aliphatic carbocycles. The fraction of sp³-hybridized carbons (Fsp3) is 0.0769. The average Bonchev–Trinajstić information content (AvgIpc) is 2.85. The SMILES string of the molecule is Cc1cnc2nc(-c3c(F)c(F)c(F)c(F)c3F)[nH]c2c1. The summed E-state index contributed by atoms with van der Waals surface area (Å²) >= 11 is 0. The van der Waals surface area contributed by atoms with Gasteiger partial charge in [0.25, 0.3) is 0 Å². The predicted octanol–water partition coefficient (Wildman–Crippen LogP) is 3.63. The number of imidazole rings is 1. The van der Waals surface area contributed by atoms with Crippen LogP contribution >= 0.6 is 0 Å². The molecule has 0 radical (unpaired) electrons. The molecule has 3 nitrogen and oxygen atoms in total. The highest BCUT2D eigenvalue weighted by Crippen LogP contribution is 2.30. The van der Waals surface area contributed by atoms with Gasteiger partial charge in [0.05, 0.1) is 11.1 Å². The molecule has 0 spiro atoms. The highest BCUT2D eigenvalue weighted by Gasteiger charge is 2.28. The predicted molar refractivity (Wildman–Crippen MR) is 63.9 cm³/mol. The summed E-state index contributed by atoms with van der Waals surface area (Å²) in [6.45, 7) is 1.73. The van der Waals surface area contributed by atoms with Crippen LogP contribution in [0.4, 0.5) is 22.0 Å². The van der Waals surface area contributed by atoms with Crippen molar-refractivity contribution in [2.24, 2.45) is 0 Å². The lowest BCUT2D eigenvalue weighted by molar-refractivity contribution is 0.381. The van der Waals surface area contributed by atoms with E-state index < -0.39 is 40.5 Å². The Balaban J connectivity index is 2.32. The van der Waals surface area contributed by atoms with Crippen LogP contribution in [0.3, 0.4) is 0 Å². The summed E-state index contributed by atoms with van der Waals surface area (Å²) in [5.41, 5.74) is 0.0747. The van der Waals surface area contributed by atoms with E-state index in [1.54, 1.807) is 13.0 Å². The van der Waals surface area contributed by atoms with Crippen molar-refractivity contribution in [1.29, 1.82) is 0 Å². The molecular weight excluding hydrogens is 293 g/mol. The van der Waals surface area contributed by atoms with Crippen LogP contribution in [0.2, 0.25) is 0 Å². The van der Waals surface area contributed by atoms with Gasteiger partial charge >= 0.3 is 0 Å². The van der Waals surface area contributed by atoms with Crippen molar-refractivity contribution in [2.45, 2.75) is 6.92 Å². The Morgan fingerprint density at radius 2 is 1.48 bits per heavy atom. The molecule has 0 unspecified atom stereocenters. The third-order valence-corrected chi connectivity index (χ3v) is 2.92. The van der Waals surface area contributed by atoms with E-state index in [1.807, 2.05) is 0 Å². The summed E-state index contributed by atoms with van der Waals surface area (Å²) < 4.78 is 66.8. The van der Waals surface area contributed by atoms with E-state index in [0.29, 0.717) is 5.52 Å². The number of aryl methyl sites for hydroxylation is 1. The molecule has 8 heteroatoms. The Kier molecular flexibility index (Phi) is 2.89. The zero-order chi connectivity index (χ0) is 15.3. The molecule has 0 bridgehead atoms. The second-order valence-corrected chi connectivity index (χ2v) is 4.41. The first-order valence-corrected chi connectivity index (χ1v) is 5.74. The van der Waals surface area contributed by atoms with Crippen LogP contribution in [0.5, 0.6) is 0 Å². The van der Waals surface area contributed by atoms with Crippen LogP contribution in [0.25, 0.3) is 22.6 Å². The molecule has 2 heterocycles. The van der Waals surface area contributed by atoms with Crippen molar-refractivity contribution < 1.29 is 22.0 Å². The summed E-state index contributed by atoms with van der Waals surface area (Å²) in [7, 11) is 0. The number of rotatable bonds is 1.